The molecule has 0 bridgehead atoms. The maximum absolute atomic E-state index is 12.2. The molecule has 0 radical (unpaired) electrons. The van der Waals surface area contributed by atoms with Crippen molar-refractivity contribution >= 4 is 31.8 Å². The molecule has 0 aromatic heterocycles. The van der Waals surface area contributed by atoms with Crippen LogP contribution in [-0.4, -0.2) is 46.4 Å². The van der Waals surface area contributed by atoms with Gasteiger partial charge in [-0.1, -0.05) is 12.1 Å². The summed E-state index contributed by atoms with van der Waals surface area (Å²) in [6.45, 7) is 0. The summed E-state index contributed by atoms with van der Waals surface area (Å²) in [5.41, 5.74) is 0.819. The number of rotatable bonds is 8. The van der Waals surface area contributed by atoms with E-state index >= 15 is 0 Å². The van der Waals surface area contributed by atoms with Crippen molar-refractivity contribution < 1.29 is 36.5 Å². The monoisotopic (exact) mass is 440 g/mol. The molecule has 0 unspecified atom stereocenters. The van der Waals surface area contributed by atoms with Gasteiger partial charge in [-0.25, -0.2) is 16.8 Å². The van der Waals surface area contributed by atoms with Crippen LogP contribution in [0.15, 0.2) is 47.2 Å². The van der Waals surface area contributed by atoms with Crippen LogP contribution in [0.3, 0.4) is 0 Å². The van der Waals surface area contributed by atoms with Gasteiger partial charge in [-0.3, -0.25) is 0 Å². The zero-order chi connectivity index (χ0) is 21.7. The molecule has 0 saturated carbocycles. The van der Waals surface area contributed by atoms with Gasteiger partial charge in [0.05, 0.1) is 14.2 Å². The quantitative estimate of drug-likeness (QED) is 0.641. The van der Waals surface area contributed by atoms with E-state index < -0.39 is 24.8 Å². The Bertz CT molecular complexity index is 1060. The van der Waals surface area contributed by atoms with Gasteiger partial charge >= 0.3 is 0 Å². The molecule has 0 saturated heterocycles. The van der Waals surface area contributed by atoms with Crippen LogP contribution in [0.25, 0.3) is 12.2 Å². The fourth-order valence-corrected chi connectivity index (χ4v) is 5.46. The Morgan fingerprint density at radius 3 is 1.48 bits per heavy atom. The molecule has 2 aromatic carbocycles. The van der Waals surface area contributed by atoms with Crippen LogP contribution in [0.5, 0.6) is 23.0 Å². The van der Waals surface area contributed by atoms with Gasteiger partial charge in [-0.05, 0) is 47.5 Å². The predicted molar refractivity (Wildman–Crippen MR) is 110 cm³/mol. The van der Waals surface area contributed by atoms with E-state index in [1.807, 2.05) is 0 Å². The lowest BCUT2D eigenvalue weighted by molar-refractivity contribution is 0.373. The molecular weight excluding hydrogens is 420 g/mol. The fourth-order valence-electron chi connectivity index (χ4n) is 2.27. The number of aromatic hydroxyl groups is 2. The lowest BCUT2D eigenvalue weighted by Gasteiger charge is -2.04. The first-order chi connectivity index (χ1) is 13.5. The maximum Gasteiger partial charge on any atom is 0.186 e. The van der Waals surface area contributed by atoms with Gasteiger partial charge in [-0.15, -0.1) is 0 Å². The Morgan fingerprint density at radius 2 is 1.14 bits per heavy atom. The zero-order valence-electron chi connectivity index (χ0n) is 15.6. The third-order valence-electron chi connectivity index (χ3n) is 3.67. The standard InChI is InChI=1S/C19H20O8S2/c1-26-18-11-14(3-5-16(18)20)7-9-28(22,23)13-29(24,25)10-8-15-4-6-17(21)19(12-15)27-2/h3-12,20-21H,13H2,1-2H3/b9-7-,10-8+. The number of methoxy groups -OCH3 is 2. The van der Waals surface area contributed by atoms with Crippen molar-refractivity contribution in [3.05, 3.63) is 58.3 Å². The van der Waals surface area contributed by atoms with Gasteiger partial charge in [-0.2, -0.15) is 0 Å². The smallest absolute Gasteiger partial charge is 0.186 e. The van der Waals surface area contributed by atoms with Crippen LogP contribution in [0.4, 0.5) is 0 Å². The minimum absolute atomic E-state index is 0.105. The summed E-state index contributed by atoms with van der Waals surface area (Å²) >= 11 is 0. The Hall–Kier alpha value is -2.98. The van der Waals surface area contributed by atoms with Crippen LogP contribution in [0, 0.1) is 0 Å². The molecule has 2 rings (SSSR count). The number of phenolic OH excluding ortho intramolecular Hbond substituents is 2. The third-order valence-corrected chi connectivity index (χ3v) is 7.40. The van der Waals surface area contributed by atoms with E-state index in [-0.39, 0.29) is 23.0 Å². The van der Waals surface area contributed by atoms with Crippen LogP contribution in [-0.2, 0) is 19.7 Å². The van der Waals surface area contributed by atoms with E-state index in [4.69, 9.17) is 9.47 Å². The van der Waals surface area contributed by atoms with Gasteiger partial charge < -0.3 is 19.7 Å². The number of hydrogen-bond donors (Lipinski definition) is 2. The molecule has 0 amide bonds. The minimum atomic E-state index is -4.08. The van der Waals surface area contributed by atoms with E-state index in [1.165, 1.54) is 62.8 Å². The average Bonchev–Trinajstić information content (AvgIpc) is 2.66. The van der Waals surface area contributed by atoms with Crippen molar-refractivity contribution in [3.63, 3.8) is 0 Å². The highest BCUT2D eigenvalue weighted by Gasteiger charge is 2.17. The molecule has 10 heteroatoms. The lowest BCUT2D eigenvalue weighted by Crippen LogP contribution is -2.11. The second-order valence-electron chi connectivity index (χ2n) is 5.91. The highest BCUT2D eigenvalue weighted by Crippen LogP contribution is 2.28. The number of benzene rings is 2. The molecule has 0 atom stereocenters. The SMILES string of the molecule is COc1cc(/C=C\S(=O)(=O)CS(=O)(=O)/C=C/c2ccc(O)c(OC)c2)ccc1O. The van der Waals surface area contributed by atoms with E-state index in [0.717, 1.165) is 10.8 Å². The first-order valence-corrected chi connectivity index (χ1v) is 11.5. The largest absolute Gasteiger partial charge is 0.504 e. The van der Waals surface area contributed by atoms with Crippen LogP contribution < -0.4 is 9.47 Å². The molecule has 0 aliphatic heterocycles. The van der Waals surface area contributed by atoms with Crippen molar-refractivity contribution in [2.75, 3.05) is 19.3 Å². The van der Waals surface area contributed by atoms with E-state index in [2.05, 4.69) is 0 Å². The maximum atomic E-state index is 12.2. The molecule has 8 nitrogen and oxygen atoms in total. The lowest BCUT2D eigenvalue weighted by atomic mass is 10.2. The second-order valence-corrected chi connectivity index (χ2v) is 10.1. The third kappa shape index (κ3) is 6.54. The molecule has 0 spiro atoms. The van der Waals surface area contributed by atoms with E-state index in [9.17, 15) is 27.0 Å². The summed E-state index contributed by atoms with van der Waals surface area (Å²) in [5, 5.41) is 19.5. The van der Waals surface area contributed by atoms with Gasteiger partial charge in [0.25, 0.3) is 0 Å². The van der Waals surface area contributed by atoms with Crippen molar-refractivity contribution in [1.82, 2.24) is 0 Å². The average molecular weight is 440 g/mol. The first-order valence-electron chi connectivity index (χ1n) is 8.11. The number of hydrogen-bond acceptors (Lipinski definition) is 8. The predicted octanol–water partition coefficient (Wildman–Crippen LogP) is 2.54. The molecule has 2 aromatic rings. The molecule has 29 heavy (non-hydrogen) atoms. The fraction of sp³-hybridized carbons (Fsp3) is 0.158. The minimum Gasteiger partial charge on any atom is -0.504 e. The van der Waals surface area contributed by atoms with Crippen molar-refractivity contribution in [1.29, 1.82) is 0 Å². The number of ether oxygens (including phenoxy) is 2. The van der Waals surface area contributed by atoms with E-state index in [1.54, 1.807) is 0 Å². The summed E-state index contributed by atoms with van der Waals surface area (Å²) < 4.78 is 58.5. The molecule has 0 aliphatic rings. The molecule has 2 N–H and O–H groups in total. The molecule has 156 valence electrons. The van der Waals surface area contributed by atoms with Gasteiger partial charge in [0, 0.05) is 10.8 Å². The van der Waals surface area contributed by atoms with Crippen molar-refractivity contribution in [3.8, 4) is 23.0 Å². The second kappa shape index (κ2) is 9.01. The topological polar surface area (TPSA) is 127 Å². The summed E-state index contributed by atoms with van der Waals surface area (Å²) in [7, 11) is -5.46. The summed E-state index contributed by atoms with van der Waals surface area (Å²) in [6.07, 6.45) is 2.42. The van der Waals surface area contributed by atoms with Gasteiger partial charge in [0.1, 0.15) is 0 Å². The summed E-state index contributed by atoms with van der Waals surface area (Å²) in [4.78, 5) is 0. The van der Waals surface area contributed by atoms with Crippen molar-refractivity contribution in [2.45, 2.75) is 0 Å². The number of phenols is 2. The van der Waals surface area contributed by atoms with Crippen LogP contribution >= 0.6 is 0 Å². The number of sulfone groups is 2. The Labute approximate surface area is 169 Å². The molecule has 0 aliphatic carbocycles. The Balaban J connectivity index is 2.15. The van der Waals surface area contributed by atoms with Crippen LogP contribution in [0.2, 0.25) is 0 Å². The highest BCUT2D eigenvalue weighted by molar-refractivity contribution is 8.10. The normalized spacial score (nSPS) is 12.5. The van der Waals surface area contributed by atoms with E-state index in [0.29, 0.717) is 11.1 Å². The zero-order valence-corrected chi connectivity index (χ0v) is 17.3. The Kier molecular flexibility index (Phi) is 6.93. The summed E-state index contributed by atoms with van der Waals surface area (Å²) in [5.74, 6) is 0.103. The van der Waals surface area contributed by atoms with Gasteiger partial charge in [0.2, 0.25) is 0 Å². The Morgan fingerprint density at radius 1 is 0.759 bits per heavy atom. The highest BCUT2D eigenvalue weighted by atomic mass is 32.3. The van der Waals surface area contributed by atoms with Crippen molar-refractivity contribution in [2.24, 2.45) is 0 Å². The molecule has 0 fully saturated rings. The van der Waals surface area contributed by atoms with Crippen LogP contribution in [0.1, 0.15) is 11.1 Å². The molecular formula is C19H20O8S2. The molecule has 0 heterocycles. The summed E-state index contributed by atoms with van der Waals surface area (Å²) in [6, 6.07) is 8.39. The van der Waals surface area contributed by atoms with Gasteiger partial charge in [0.15, 0.2) is 47.8 Å². The first kappa shape index (κ1) is 22.3.